The Kier molecular flexibility index (Phi) is 4.96. The first-order valence-electron chi connectivity index (χ1n) is 8.45. The molecule has 1 spiro atoms. The highest BCUT2D eigenvalue weighted by molar-refractivity contribution is 7.99. The second-order valence-electron chi connectivity index (χ2n) is 6.81. The van der Waals surface area contributed by atoms with Crippen LogP contribution < -0.4 is 5.73 Å². The van der Waals surface area contributed by atoms with E-state index in [1.54, 1.807) is 0 Å². The fraction of sp³-hybridized carbons (Fsp3) is 1.00. The molecule has 1 saturated carbocycles. The molecule has 4 heteroatoms. The van der Waals surface area contributed by atoms with E-state index in [0.717, 1.165) is 31.2 Å². The van der Waals surface area contributed by atoms with Gasteiger partial charge in [-0.1, -0.05) is 13.3 Å². The van der Waals surface area contributed by atoms with Crippen LogP contribution in [0.25, 0.3) is 0 Å². The molecule has 3 nitrogen and oxygen atoms in total. The molecule has 0 amide bonds. The zero-order valence-electron chi connectivity index (χ0n) is 12.9. The van der Waals surface area contributed by atoms with Gasteiger partial charge in [-0.2, -0.15) is 11.8 Å². The van der Waals surface area contributed by atoms with Crippen molar-refractivity contribution in [1.29, 1.82) is 0 Å². The van der Waals surface area contributed by atoms with Gasteiger partial charge >= 0.3 is 0 Å². The van der Waals surface area contributed by atoms with Crippen LogP contribution in [0.5, 0.6) is 0 Å². The zero-order chi connectivity index (χ0) is 14.0. The second-order valence-corrected chi connectivity index (χ2v) is 7.91. The van der Waals surface area contributed by atoms with Gasteiger partial charge in [-0.3, -0.25) is 4.90 Å². The maximum atomic E-state index is 6.19. The molecular formula is C16H30N2OS. The number of nitrogens with zero attached hydrogens (tertiary/aromatic N) is 1. The Morgan fingerprint density at radius 3 is 2.95 bits per heavy atom. The molecule has 3 fully saturated rings. The average molecular weight is 298 g/mol. The van der Waals surface area contributed by atoms with E-state index >= 15 is 0 Å². The molecule has 20 heavy (non-hydrogen) atoms. The number of hydrogen-bond acceptors (Lipinski definition) is 4. The molecule has 2 aliphatic heterocycles. The summed E-state index contributed by atoms with van der Waals surface area (Å²) in [5.74, 6) is 3.23. The van der Waals surface area contributed by atoms with Crippen molar-refractivity contribution in [2.24, 2.45) is 11.7 Å². The van der Waals surface area contributed by atoms with Crippen molar-refractivity contribution < 1.29 is 4.74 Å². The molecule has 4 unspecified atom stereocenters. The van der Waals surface area contributed by atoms with Crippen LogP contribution in [0.3, 0.4) is 0 Å². The molecule has 2 saturated heterocycles. The van der Waals surface area contributed by atoms with Crippen LogP contribution in [0.15, 0.2) is 0 Å². The Hall–Kier alpha value is 0.230. The van der Waals surface area contributed by atoms with Crippen molar-refractivity contribution in [3.05, 3.63) is 0 Å². The Balaban J connectivity index is 1.69. The van der Waals surface area contributed by atoms with Gasteiger partial charge in [-0.15, -0.1) is 0 Å². The summed E-state index contributed by atoms with van der Waals surface area (Å²) in [4.78, 5) is 2.79. The topological polar surface area (TPSA) is 38.5 Å². The van der Waals surface area contributed by atoms with Crippen molar-refractivity contribution >= 4 is 11.8 Å². The Labute approximate surface area is 128 Å². The quantitative estimate of drug-likeness (QED) is 0.865. The summed E-state index contributed by atoms with van der Waals surface area (Å²) in [5.41, 5.74) is 6.21. The maximum absolute atomic E-state index is 6.19. The van der Waals surface area contributed by atoms with Crippen LogP contribution in [-0.4, -0.2) is 53.8 Å². The van der Waals surface area contributed by atoms with Crippen molar-refractivity contribution in [2.45, 2.75) is 63.1 Å². The van der Waals surface area contributed by atoms with Gasteiger partial charge in [0.25, 0.3) is 0 Å². The molecule has 0 aromatic rings. The summed E-state index contributed by atoms with van der Waals surface area (Å²) in [7, 11) is 0. The van der Waals surface area contributed by atoms with Crippen molar-refractivity contribution in [3.8, 4) is 0 Å². The summed E-state index contributed by atoms with van der Waals surface area (Å²) < 4.78 is 6.19. The first-order chi connectivity index (χ1) is 9.78. The summed E-state index contributed by atoms with van der Waals surface area (Å²) in [6, 6.07) is 1.46. The number of nitrogens with two attached hydrogens (primary N) is 1. The summed E-state index contributed by atoms with van der Waals surface area (Å²) in [6.07, 6.45) is 7.79. The van der Waals surface area contributed by atoms with E-state index < -0.39 is 0 Å². The third-order valence-corrected chi connectivity index (χ3v) is 6.94. The number of hydrogen-bond donors (Lipinski definition) is 1. The van der Waals surface area contributed by atoms with Gasteiger partial charge in [-0.05, 0) is 56.9 Å². The van der Waals surface area contributed by atoms with Crippen LogP contribution in [0, 0.1) is 5.92 Å². The Morgan fingerprint density at radius 1 is 1.35 bits per heavy atom. The first-order valence-corrected chi connectivity index (χ1v) is 9.61. The number of ether oxygens (including phenoxy) is 1. The smallest absolute Gasteiger partial charge is 0.0795 e. The van der Waals surface area contributed by atoms with Gasteiger partial charge in [0.1, 0.15) is 0 Å². The normalized spacial score (nSPS) is 41.9. The molecule has 3 aliphatic rings. The third kappa shape index (κ3) is 2.90. The van der Waals surface area contributed by atoms with Gasteiger partial charge in [0.2, 0.25) is 0 Å². The van der Waals surface area contributed by atoms with Gasteiger partial charge in [0.05, 0.1) is 5.60 Å². The predicted molar refractivity (Wildman–Crippen MR) is 86.2 cm³/mol. The third-order valence-electron chi connectivity index (χ3n) is 5.72. The molecule has 0 bridgehead atoms. The Morgan fingerprint density at radius 2 is 2.25 bits per heavy atom. The molecule has 2 N–H and O–H groups in total. The minimum Gasteiger partial charge on any atom is -0.374 e. The fourth-order valence-electron chi connectivity index (χ4n) is 4.64. The molecule has 2 heterocycles. The molecule has 4 atom stereocenters. The lowest BCUT2D eigenvalue weighted by Crippen LogP contribution is -2.53. The van der Waals surface area contributed by atoms with Gasteiger partial charge in [-0.25, -0.2) is 0 Å². The second kappa shape index (κ2) is 6.55. The molecular weight excluding hydrogens is 268 g/mol. The average Bonchev–Trinajstić information content (AvgIpc) is 3.10. The lowest BCUT2D eigenvalue weighted by atomic mass is 9.87. The van der Waals surface area contributed by atoms with Gasteiger partial charge in [0.15, 0.2) is 0 Å². The van der Waals surface area contributed by atoms with Gasteiger partial charge < -0.3 is 10.5 Å². The van der Waals surface area contributed by atoms with E-state index in [1.807, 2.05) is 0 Å². The summed E-state index contributed by atoms with van der Waals surface area (Å²) >= 11 is 2.07. The summed E-state index contributed by atoms with van der Waals surface area (Å²) in [5, 5.41) is 0. The SMILES string of the molecule is CCN(C1CCOC2(CCSC2)C1)C1CCCC1CN. The minimum atomic E-state index is 0.206. The maximum Gasteiger partial charge on any atom is 0.0795 e. The highest BCUT2D eigenvalue weighted by atomic mass is 32.2. The van der Waals surface area contributed by atoms with Crippen LogP contribution in [0.4, 0.5) is 0 Å². The van der Waals surface area contributed by atoms with Crippen LogP contribution in [-0.2, 0) is 4.74 Å². The van der Waals surface area contributed by atoms with E-state index in [1.165, 1.54) is 56.6 Å². The zero-order valence-corrected chi connectivity index (χ0v) is 13.7. The number of thioether (sulfide) groups is 1. The van der Waals surface area contributed by atoms with E-state index in [9.17, 15) is 0 Å². The van der Waals surface area contributed by atoms with Crippen molar-refractivity contribution in [2.75, 3.05) is 31.2 Å². The fourth-order valence-corrected chi connectivity index (χ4v) is 6.02. The lowest BCUT2D eigenvalue weighted by Gasteiger charge is -2.45. The van der Waals surface area contributed by atoms with E-state index in [2.05, 4.69) is 23.6 Å². The predicted octanol–water partition coefficient (Wildman–Crippen LogP) is 2.49. The monoisotopic (exact) mass is 298 g/mol. The summed E-state index contributed by atoms with van der Waals surface area (Å²) in [6.45, 7) is 5.33. The van der Waals surface area contributed by atoms with E-state index in [-0.39, 0.29) is 5.60 Å². The minimum absolute atomic E-state index is 0.206. The van der Waals surface area contributed by atoms with Crippen molar-refractivity contribution in [1.82, 2.24) is 4.90 Å². The largest absolute Gasteiger partial charge is 0.374 e. The molecule has 3 rings (SSSR count). The lowest BCUT2D eigenvalue weighted by molar-refractivity contribution is -0.0963. The number of rotatable bonds is 4. The van der Waals surface area contributed by atoms with E-state index in [4.69, 9.17) is 10.5 Å². The molecule has 1 aliphatic carbocycles. The van der Waals surface area contributed by atoms with Crippen LogP contribution in [0.1, 0.15) is 45.4 Å². The first kappa shape index (κ1) is 15.1. The van der Waals surface area contributed by atoms with E-state index in [0.29, 0.717) is 0 Å². The van der Waals surface area contributed by atoms with Crippen LogP contribution in [0.2, 0.25) is 0 Å². The molecule has 0 aromatic heterocycles. The molecule has 116 valence electrons. The molecule has 0 radical (unpaired) electrons. The standard InChI is InChI=1S/C16H30N2OS/c1-2-18(15-5-3-4-13(15)11-17)14-6-8-19-16(10-14)7-9-20-12-16/h13-15H,2-12,17H2,1H3. The van der Waals surface area contributed by atoms with Crippen LogP contribution >= 0.6 is 11.8 Å². The highest BCUT2D eigenvalue weighted by Gasteiger charge is 2.44. The Bertz CT molecular complexity index is 320. The highest BCUT2D eigenvalue weighted by Crippen LogP contribution is 2.41. The van der Waals surface area contributed by atoms with Crippen molar-refractivity contribution in [3.63, 3.8) is 0 Å². The molecule has 0 aromatic carbocycles. The van der Waals surface area contributed by atoms with Gasteiger partial charge in [0, 0.05) is 24.4 Å².